The number of piperazine rings is 1. The first-order valence-electron chi connectivity index (χ1n) is 7.63. The molecule has 1 atom stereocenters. The van der Waals surface area contributed by atoms with Gasteiger partial charge in [-0.15, -0.1) is 0 Å². The monoisotopic (exact) mass is 320 g/mol. The van der Waals surface area contributed by atoms with Gasteiger partial charge in [0.25, 0.3) is 5.91 Å². The van der Waals surface area contributed by atoms with Crippen molar-refractivity contribution in [3.05, 3.63) is 40.9 Å². The zero-order valence-corrected chi connectivity index (χ0v) is 13.6. The Balaban J connectivity index is 1.57. The molecule has 2 heterocycles. The molecule has 0 radical (unpaired) electrons. The van der Waals surface area contributed by atoms with Gasteiger partial charge >= 0.3 is 0 Å². The molecule has 4 nitrogen and oxygen atoms in total. The van der Waals surface area contributed by atoms with Crippen molar-refractivity contribution in [3.8, 4) is 5.75 Å². The van der Waals surface area contributed by atoms with Crippen LogP contribution in [0.2, 0.25) is 5.02 Å². The summed E-state index contributed by atoms with van der Waals surface area (Å²) in [5, 5.41) is 0.684. The fourth-order valence-electron chi connectivity index (χ4n) is 3.07. The van der Waals surface area contributed by atoms with Crippen LogP contribution in [-0.4, -0.2) is 54.5 Å². The van der Waals surface area contributed by atoms with Crippen molar-refractivity contribution in [2.45, 2.75) is 19.4 Å². The van der Waals surface area contributed by atoms with Crippen LogP contribution in [0, 0.1) is 0 Å². The fraction of sp³-hybridized carbons (Fsp3) is 0.471. The van der Waals surface area contributed by atoms with Crippen molar-refractivity contribution in [2.24, 2.45) is 0 Å². The molecule has 0 bridgehead atoms. The number of amides is 1. The van der Waals surface area contributed by atoms with Crippen LogP contribution in [0.1, 0.15) is 12.5 Å². The summed E-state index contributed by atoms with van der Waals surface area (Å²) in [5.41, 5.74) is 2.18. The smallest absolute Gasteiger partial charge is 0.264 e. The SMILES string of the molecule is C=C(C)CN1CCN(C(=O)[C@H]2Cc3cc(Cl)ccc3O2)CC1. The summed E-state index contributed by atoms with van der Waals surface area (Å²) in [5.74, 6) is 0.867. The first-order valence-corrected chi connectivity index (χ1v) is 8.01. The summed E-state index contributed by atoms with van der Waals surface area (Å²) in [6.07, 6.45) is 0.210. The molecule has 1 aromatic rings. The van der Waals surface area contributed by atoms with E-state index in [1.807, 2.05) is 24.0 Å². The summed E-state index contributed by atoms with van der Waals surface area (Å²) >= 11 is 5.99. The Morgan fingerprint density at radius 3 is 2.77 bits per heavy atom. The van der Waals surface area contributed by atoms with Gasteiger partial charge < -0.3 is 9.64 Å². The number of rotatable bonds is 3. The van der Waals surface area contributed by atoms with Gasteiger partial charge in [-0.05, 0) is 30.7 Å². The molecule has 3 rings (SSSR count). The highest BCUT2D eigenvalue weighted by atomic mass is 35.5. The summed E-state index contributed by atoms with van der Waals surface area (Å²) < 4.78 is 5.79. The van der Waals surface area contributed by atoms with E-state index in [1.165, 1.54) is 0 Å². The van der Waals surface area contributed by atoms with E-state index in [1.54, 1.807) is 6.07 Å². The second kappa shape index (κ2) is 6.31. The van der Waals surface area contributed by atoms with Gasteiger partial charge in [-0.2, -0.15) is 0 Å². The fourth-order valence-corrected chi connectivity index (χ4v) is 3.26. The average molecular weight is 321 g/mol. The lowest BCUT2D eigenvalue weighted by molar-refractivity contribution is -0.139. The zero-order valence-electron chi connectivity index (χ0n) is 12.8. The number of fused-ring (bicyclic) bond motifs is 1. The van der Waals surface area contributed by atoms with Crippen LogP contribution >= 0.6 is 11.6 Å². The quantitative estimate of drug-likeness (QED) is 0.802. The van der Waals surface area contributed by atoms with E-state index < -0.39 is 6.10 Å². The Hall–Kier alpha value is -1.52. The van der Waals surface area contributed by atoms with Crippen molar-refractivity contribution in [1.29, 1.82) is 0 Å². The number of halogens is 1. The summed E-state index contributed by atoms with van der Waals surface area (Å²) in [6, 6.07) is 5.52. The first kappa shape index (κ1) is 15.4. The number of ether oxygens (including phenoxy) is 1. The molecule has 1 fully saturated rings. The van der Waals surface area contributed by atoms with E-state index in [4.69, 9.17) is 16.3 Å². The summed E-state index contributed by atoms with van der Waals surface area (Å²) in [7, 11) is 0. The van der Waals surface area contributed by atoms with Gasteiger partial charge in [0.05, 0.1) is 0 Å². The third-order valence-corrected chi connectivity index (χ3v) is 4.39. The molecule has 2 aliphatic rings. The van der Waals surface area contributed by atoms with Crippen LogP contribution < -0.4 is 4.74 Å². The maximum atomic E-state index is 12.6. The van der Waals surface area contributed by atoms with Crippen LogP contribution in [0.4, 0.5) is 0 Å². The number of hydrogen-bond acceptors (Lipinski definition) is 3. The molecule has 5 heteroatoms. The van der Waals surface area contributed by atoms with Crippen LogP contribution in [-0.2, 0) is 11.2 Å². The molecule has 1 amide bonds. The Labute approximate surface area is 136 Å². The maximum absolute atomic E-state index is 12.6. The summed E-state index contributed by atoms with van der Waals surface area (Å²) in [4.78, 5) is 16.9. The molecular weight excluding hydrogens is 300 g/mol. The van der Waals surface area contributed by atoms with Gasteiger partial charge in [-0.3, -0.25) is 9.69 Å². The maximum Gasteiger partial charge on any atom is 0.264 e. The molecule has 0 N–H and O–H groups in total. The molecule has 1 saturated heterocycles. The van der Waals surface area contributed by atoms with Crippen LogP contribution in [0.3, 0.4) is 0 Å². The van der Waals surface area contributed by atoms with Gasteiger partial charge in [0.2, 0.25) is 0 Å². The number of hydrogen-bond donors (Lipinski definition) is 0. The lowest BCUT2D eigenvalue weighted by Crippen LogP contribution is -2.52. The normalized spacial score (nSPS) is 21.4. The van der Waals surface area contributed by atoms with Crippen LogP contribution in [0.25, 0.3) is 0 Å². The largest absolute Gasteiger partial charge is 0.480 e. The molecule has 0 aliphatic carbocycles. The predicted octanol–water partition coefficient (Wildman–Crippen LogP) is 2.36. The first-order chi connectivity index (χ1) is 10.5. The predicted molar refractivity (Wildman–Crippen MR) is 87.4 cm³/mol. The number of benzene rings is 1. The third-order valence-electron chi connectivity index (χ3n) is 4.15. The Kier molecular flexibility index (Phi) is 4.41. The molecule has 0 unspecified atom stereocenters. The number of carbonyl (C=O) groups is 1. The van der Waals surface area contributed by atoms with Crippen LogP contribution in [0.5, 0.6) is 5.75 Å². The Bertz CT molecular complexity index is 594. The number of carbonyl (C=O) groups excluding carboxylic acids is 1. The van der Waals surface area contributed by atoms with E-state index in [9.17, 15) is 4.79 Å². The zero-order chi connectivity index (χ0) is 15.7. The molecule has 0 spiro atoms. The Morgan fingerprint density at radius 2 is 2.09 bits per heavy atom. The van der Waals surface area contributed by atoms with Crippen molar-refractivity contribution in [3.63, 3.8) is 0 Å². The molecule has 1 aromatic carbocycles. The molecule has 22 heavy (non-hydrogen) atoms. The topological polar surface area (TPSA) is 32.8 Å². The van der Waals surface area contributed by atoms with E-state index in [-0.39, 0.29) is 5.91 Å². The van der Waals surface area contributed by atoms with Gasteiger partial charge in [0.15, 0.2) is 6.10 Å². The van der Waals surface area contributed by atoms with Crippen molar-refractivity contribution in [1.82, 2.24) is 9.80 Å². The highest BCUT2D eigenvalue weighted by Crippen LogP contribution is 2.31. The molecule has 2 aliphatic heterocycles. The van der Waals surface area contributed by atoms with E-state index in [0.717, 1.165) is 49.6 Å². The van der Waals surface area contributed by atoms with Gasteiger partial charge in [0, 0.05) is 44.2 Å². The van der Waals surface area contributed by atoms with Crippen molar-refractivity contribution in [2.75, 3.05) is 32.7 Å². The van der Waals surface area contributed by atoms with E-state index in [0.29, 0.717) is 11.4 Å². The van der Waals surface area contributed by atoms with Gasteiger partial charge in [-0.1, -0.05) is 23.8 Å². The van der Waals surface area contributed by atoms with Gasteiger partial charge in [-0.25, -0.2) is 0 Å². The van der Waals surface area contributed by atoms with Crippen LogP contribution in [0.15, 0.2) is 30.4 Å². The number of nitrogens with zero attached hydrogens (tertiary/aromatic N) is 2. The second-order valence-electron chi connectivity index (χ2n) is 6.12. The minimum atomic E-state index is -0.402. The minimum absolute atomic E-state index is 0.0855. The molecule has 118 valence electrons. The third kappa shape index (κ3) is 3.28. The molecule has 0 aromatic heterocycles. The highest BCUT2D eigenvalue weighted by Gasteiger charge is 2.33. The highest BCUT2D eigenvalue weighted by molar-refractivity contribution is 6.30. The van der Waals surface area contributed by atoms with Crippen molar-refractivity contribution >= 4 is 17.5 Å². The van der Waals surface area contributed by atoms with Gasteiger partial charge in [0.1, 0.15) is 5.75 Å². The van der Waals surface area contributed by atoms with E-state index in [2.05, 4.69) is 11.5 Å². The van der Waals surface area contributed by atoms with Crippen molar-refractivity contribution < 1.29 is 9.53 Å². The van der Waals surface area contributed by atoms with E-state index >= 15 is 0 Å². The summed E-state index contributed by atoms with van der Waals surface area (Å²) in [6.45, 7) is 10.2. The second-order valence-corrected chi connectivity index (χ2v) is 6.56. The lowest BCUT2D eigenvalue weighted by atomic mass is 10.1. The standard InChI is InChI=1S/C17H21ClN2O2/c1-12(2)11-19-5-7-20(8-6-19)17(21)16-10-13-9-14(18)3-4-15(13)22-16/h3-4,9,16H,1,5-8,10-11H2,2H3/t16-/m1/s1. The minimum Gasteiger partial charge on any atom is -0.480 e. The average Bonchev–Trinajstić information content (AvgIpc) is 2.89. The molecule has 0 saturated carbocycles. The molecular formula is C17H21ClN2O2. The Morgan fingerprint density at radius 1 is 1.36 bits per heavy atom. The lowest BCUT2D eigenvalue weighted by Gasteiger charge is -2.35.